The summed E-state index contributed by atoms with van der Waals surface area (Å²) in [4.78, 5) is 0. The number of nitrogens with one attached hydrogen (secondary N) is 1. The van der Waals surface area contributed by atoms with Crippen LogP contribution in [0.2, 0.25) is 0 Å². The van der Waals surface area contributed by atoms with E-state index in [-0.39, 0.29) is 5.41 Å². The minimum absolute atomic E-state index is 0.0231. The van der Waals surface area contributed by atoms with Gasteiger partial charge in [-0.15, -0.1) is 0 Å². The Morgan fingerprint density at radius 1 is 1.58 bits per heavy atom. The maximum atomic E-state index is 9.07. The molecule has 1 N–H and O–H groups in total. The summed E-state index contributed by atoms with van der Waals surface area (Å²) < 4.78 is 0. The molecule has 0 aromatic rings. The van der Waals surface area contributed by atoms with E-state index < -0.39 is 0 Å². The van der Waals surface area contributed by atoms with Gasteiger partial charge in [-0.05, 0) is 26.3 Å². The van der Waals surface area contributed by atoms with Crippen LogP contribution in [-0.2, 0) is 0 Å². The highest BCUT2D eigenvalue weighted by Crippen LogP contribution is 2.44. The molecule has 1 unspecified atom stereocenters. The zero-order valence-electron chi connectivity index (χ0n) is 8.06. The first-order chi connectivity index (χ1) is 5.79. The van der Waals surface area contributed by atoms with Crippen LogP contribution in [0, 0.1) is 16.7 Å². The van der Waals surface area contributed by atoms with E-state index in [4.69, 9.17) is 5.26 Å². The van der Waals surface area contributed by atoms with E-state index >= 15 is 0 Å². The Bertz CT molecular complexity index is 177. The standard InChI is InChI=1S/C10H18N2/c1-3-5-9(12-2)10(8-11)6-4-7-10/h9,12H,3-7H2,1-2H3. The first kappa shape index (κ1) is 9.54. The van der Waals surface area contributed by atoms with E-state index in [0.29, 0.717) is 6.04 Å². The van der Waals surface area contributed by atoms with Gasteiger partial charge in [-0.1, -0.05) is 19.8 Å². The molecule has 0 aromatic carbocycles. The lowest BCUT2D eigenvalue weighted by molar-refractivity contribution is 0.141. The maximum absolute atomic E-state index is 9.07. The predicted octanol–water partition coefficient (Wildman–Crippen LogP) is 2.07. The zero-order chi connectivity index (χ0) is 9.03. The summed E-state index contributed by atoms with van der Waals surface area (Å²) in [7, 11) is 1.97. The van der Waals surface area contributed by atoms with Crippen molar-refractivity contribution in [2.75, 3.05) is 7.05 Å². The van der Waals surface area contributed by atoms with Crippen molar-refractivity contribution < 1.29 is 0 Å². The molecule has 0 spiro atoms. The van der Waals surface area contributed by atoms with Gasteiger partial charge in [-0.3, -0.25) is 0 Å². The van der Waals surface area contributed by atoms with Gasteiger partial charge in [0, 0.05) is 6.04 Å². The van der Waals surface area contributed by atoms with Gasteiger partial charge in [0.05, 0.1) is 11.5 Å². The number of nitrogens with zero attached hydrogens (tertiary/aromatic N) is 1. The summed E-state index contributed by atoms with van der Waals surface area (Å²) in [6, 6.07) is 2.91. The van der Waals surface area contributed by atoms with Gasteiger partial charge >= 0.3 is 0 Å². The number of hydrogen-bond acceptors (Lipinski definition) is 2. The molecule has 1 rings (SSSR count). The minimum Gasteiger partial charge on any atom is -0.315 e. The molecule has 0 amide bonds. The fourth-order valence-electron chi connectivity index (χ4n) is 2.08. The Hall–Kier alpha value is -0.550. The lowest BCUT2D eigenvalue weighted by atomic mass is 9.64. The highest BCUT2D eigenvalue weighted by Gasteiger charge is 2.43. The van der Waals surface area contributed by atoms with Gasteiger partial charge in [0.15, 0.2) is 0 Å². The van der Waals surface area contributed by atoms with Crippen molar-refractivity contribution in [3.05, 3.63) is 0 Å². The lowest BCUT2D eigenvalue weighted by Gasteiger charge is -2.42. The van der Waals surface area contributed by atoms with Crippen LogP contribution in [0.5, 0.6) is 0 Å². The molecule has 0 radical (unpaired) electrons. The first-order valence-corrected chi connectivity index (χ1v) is 4.87. The lowest BCUT2D eigenvalue weighted by Crippen LogP contribution is -2.47. The molecular weight excluding hydrogens is 148 g/mol. The van der Waals surface area contributed by atoms with Crippen molar-refractivity contribution in [2.45, 2.75) is 45.1 Å². The fourth-order valence-corrected chi connectivity index (χ4v) is 2.08. The van der Waals surface area contributed by atoms with Crippen LogP contribution in [0.1, 0.15) is 39.0 Å². The third-order valence-corrected chi connectivity index (χ3v) is 3.06. The van der Waals surface area contributed by atoms with Crippen LogP contribution in [0.4, 0.5) is 0 Å². The van der Waals surface area contributed by atoms with Gasteiger partial charge in [0.1, 0.15) is 0 Å². The van der Waals surface area contributed by atoms with Crippen molar-refractivity contribution in [1.82, 2.24) is 5.32 Å². The third-order valence-electron chi connectivity index (χ3n) is 3.06. The Kier molecular flexibility index (Phi) is 3.11. The molecule has 12 heavy (non-hydrogen) atoms. The van der Waals surface area contributed by atoms with Crippen LogP contribution >= 0.6 is 0 Å². The second-order valence-electron chi connectivity index (χ2n) is 3.75. The Labute approximate surface area is 75.0 Å². The number of rotatable bonds is 4. The number of nitriles is 1. The van der Waals surface area contributed by atoms with Gasteiger partial charge in [-0.2, -0.15) is 5.26 Å². The molecule has 0 saturated heterocycles. The van der Waals surface area contributed by atoms with Crippen molar-refractivity contribution >= 4 is 0 Å². The second kappa shape index (κ2) is 3.91. The highest BCUT2D eigenvalue weighted by atomic mass is 14.9. The summed E-state index contributed by atoms with van der Waals surface area (Å²) in [6.07, 6.45) is 5.71. The van der Waals surface area contributed by atoms with Crippen LogP contribution in [-0.4, -0.2) is 13.1 Å². The summed E-state index contributed by atoms with van der Waals surface area (Å²) in [6.45, 7) is 2.17. The average molecular weight is 166 g/mol. The van der Waals surface area contributed by atoms with Crippen molar-refractivity contribution in [1.29, 1.82) is 5.26 Å². The molecule has 1 atom stereocenters. The normalized spacial score (nSPS) is 22.4. The largest absolute Gasteiger partial charge is 0.315 e. The second-order valence-corrected chi connectivity index (χ2v) is 3.75. The van der Waals surface area contributed by atoms with Gasteiger partial charge in [-0.25, -0.2) is 0 Å². The molecule has 2 heteroatoms. The topological polar surface area (TPSA) is 35.8 Å². The number of hydrogen-bond donors (Lipinski definition) is 1. The molecule has 0 heterocycles. The molecule has 1 saturated carbocycles. The molecular formula is C10H18N2. The molecule has 0 aromatic heterocycles. The van der Waals surface area contributed by atoms with E-state index in [1.54, 1.807) is 0 Å². The Morgan fingerprint density at radius 2 is 2.25 bits per heavy atom. The molecule has 1 aliphatic carbocycles. The summed E-state index contributed by atoms with van der Waals surface area (Å²) >= 11 is 0. The van der Waals surface area contributed by atoms with E-state index in [9.17, 15) is 0 Å². The van der Waals surface area contributed by atoms with E-state index in [1.807, 2.05) is 7.05 Å². The molecule has 68 valence electrons. The average Bonchev–Trinajstić information content (AvgIpc) is 2.02. The quantitative estimate of drug-likeness (QED) is 0.694. The van der Waals surface area contributed by atoms with Crippen LogP contribution in [0.15, 0.2) is 0 Å². The van der Waals surface area contributed by atoms with Crippen molar-refractivity contribution in [3.8, 4) is 6.07 Å². The summed E-state index contributed by atoms with van der Waals surface area (Å²) in [5, 5.41) is 12.3. The first-order valence-electron chi connectivity index (χ1n) is 4.87. The van der Waals surface area contributed by atoms with Crippen molar-refractivity contribution in [2.24, 2.45) is 5.41 Å². The molecule has 0 bridgehead atoms. The third kappa shape index (κ3) is 1.47. The SMILES string of the molecule is CCCC(NC)C1(C#N)CCC1. The smallest absolute Gasteiger partial charge is 0.0726 e. The molecule has 0 aliphatic heterocycles. The monoisotopic (exact) mass is 166 g/mol. The predicted molar refractivity (Wildman–Crippen MR) is 49.7 cm³/mol. The minimum atomic E-state index is -0.0231. The molecule has 2 nitrogen and oxygen atoms in total. The van der Waals surface area contributed by atoms with Gasteiger partial charge in [0.2, 0.25) is 0 Å². The maximum Gasteiger partial charge on any atom is 0.0726 e. The van der Waals surface area contributed by atoms with Gasteiger partial charge < -0.3 is 5.32 Å². The van der Waals surface area contributed by atoms with Crippen LogP contribution < -0.4 is 5.32 Å². The van der Waals surface area contributed by atoms with Crippen LogP contribution in [0.25, 0.3) is 0 Å². The fraction of sp³-hybridized carbons (Fsp3) is 0.900. The Morgan fingerprint density at radius 3 is 2.50 bits per heavy atom. The highest BCUT2D eigenvalue weighted by molar-refractivity contribution is 5.10. The van der Waals surface area contributed by atoms with E-state index in [1.165, 1.54) is 6.42 Å². The van der Waals surface area contributed by atoms with E-state index in [2.05, 4.69) is 18.3 Å². The van der Waals surface area contributed by atoms with Gasteiger partial charge in [0.25, 0.3) is 0 Å². The molecule has 1 fully saturated rings. The van der Waals surface area contributed by atoms with Crippen molar-refractivity contribution in [3.63, 3.8) is 0 Å². The van der Waals surface area contributed by atoms with Crippen LogP contribution in [0.3, 0.4) is 0 Å². The summed E-state index contributed by atoms with van der Waals surface area (Å²) in [5.74, 6) is 0. The molecule has 1 aliphatic rings. The van der Waals surface area contributed by atoms with E-state index in [0.717, 1.165) is 25.7 Å². The summed E-state index contributed by atoms with van der Waals surface area (Å²) in [5.41, 5.74) is -0.0231. The Balaban J connectivity index is 2.57. The zero-order valence-corrected chi connectivity index (χ0v) is 8.06.